The number of carbonyl (C=O) groups is 1. The zero-order chi connectivity index (χ0) is 15.0. The molecular weight excluding hydrogens is 292 g/mol. The first-order valence-corrected chi connectivity index (χ1v) is 7.94. The Hall–Kier alpha value is -1.19. The van der Waals surface area contributed by atoms with Gasteiger partial charge in [0.25, 0.3) is 0 Å². The normalized spacial score (nSPS) is 9.80. The number of ether oxygens (including phenoxy) is 1. The molecule has 0 spiro atoms. The average molecular weight is 311 g/mol. The minimum absolute atomic E-state index is 0.171. The Balaban J connectivity index is 0.000000956. The van der Waals surface area contributed by atoms with Gasteiger partial charge in [-0.3, -0.25) is 4.79 Å². The van der Waals surface area contributed by atoms with Crippen LogP contribution in [-0.4, -0.2) is 18.8 Å². The van der Waals surface area contributed by atoms with Crippen LogP contribution in [0.2, 0.25) is 5.02 Å². The Kier molecular flexibility index (Phi) is 7.48. The van der Waals surface area contributed by atoms with Crippen LogP contribution in [0, 0.1) is 0 Å². The average Bonchev–Trinajstić information content (AvgIpc) is 2.49. The highest BCUT2D eigenvalue weighted by atomic mass is 35.5. The molecule has 108 valence electrons. The number of rotatable bonds is 4. The quantitative estimate of drug-likeness (QED) is 0.575. The summed E-state index contributed by atoms with van der Waals surface area (Å²) in [7, 11) is 1.41. The van der Waals surface area contributed by atoms with E-state index < -0.39 is 0 Å². The summed E-state index contributed by atoms with van der Waals surface area (Å²) in [6.45, 7) is 4.00. The SMILES string of the molecule is CC.COC(=O)CCSc1ccc2cc(Cl)ccc2c1. The molecule has 0 radical (unpaired) electrons. The number of methoxy groups -OCH3 is 1. The van der Waals surface area contributed by atoms with Gasteiger partial charge in [0.2, 0.25) is 0 Å². The molecule has 2 aromatic carbocycles. The van der Waals surface area contributed by atoms with Crippen molar-refractivity contribution in [1.29, 1.82) is 0 Å². The fourth-order valence-corrected chi connectivity index (χ4v) is 2.70. The van der Waals surface area contributed by atoms with Crippen LogP contribution in [-0.2, 0) is 9.53 Å². The Morgan fingerprint density at radius 3 is 2.50 bits per heavy atom. The van der Waals surface area contributed by atoms with Gasteiger partial charge in [-0.1, -0.05) is 37.6 Å². The number of thioether (sulfide) groups is 1. The Morgan fingerprint density at radius 1 is 1.15 bits per heavy atom. The van der Waals surface area contributed by atoms with E-state index in [1.807, 2.05) is 44.2 Å². The molecule has 0 saturated carbocycles. The molecule has 0 atom stereocenters. The summed E-state index contributed by atoms with van der Waals surface area (Å²) in [6.07, 6.45) is 0.430. The maximum Gasteiger partial charge on any atom is 0.306 e. The molecule has 0 unspecified atom stereocenters. The number of carbonyl (C=O) groups excluding carboxylic acids is 1. The highest BCUT2D eigenvalue weighted by molar-refractivity contribution is 7.99. The Labute approximate surface area is 129 Å². The molecule has 2 nitrogen and oxygen atoms in total. The third-order valence-corrected chi connectivity index (χ3v) is 3.81. The molecule has 0 aliphatic carbocycles. The van der Waals surface area contributed by atoms with E-state index >= 15 is 0 Å². The monoisotopic (exact) mass is 310 g/mol. The van der Waals surface area contributed by atoms with Gasteiger partial charge in [-0.15, -0.1) is 11.8 Å². The topological polar surface area (TPSA) is 26.3 Å². The van der Waals surface area contributed by atoms with Crippen molar-refractivity contribution in [1.82, 2.24) is 0 Å². The predicted octanol–water partition coefficient (Wildman–Crippen LogP) is 5.17. The van der Waals surface area contributed by atoms with Gasteiger partial charge in [-0.05, 0) is 35.0 Å². The number of hydrogen-bond donors (Lipinski definition) is 0. The lowest BCUT2D eigenvalue weighted by atomic mass is 10.1. The zero-order valence-electron chi connectivity index (χ0n) is 12.0. The maximum atomic E-state index is 11.0. The van der Waals surface area contributed by atoms with E-state index in [9.17, 15) is 4.79 Å². The summed E-state index contributed by atoms with van der Waals surface area (Å²) in [4.78, 5) is 12.1. The van der Waals surface area contributed by atoms with E-state index in [1.54, 1.807) is 11.8 Å². The second-order valence-electron chi connectivity index (χ2n) is 3.83. The predicted molar refractivity (Wildman–Crippen MR) is 87.7 cm³/mol. The van der Waals surface area contributed by atoms with E-state index in [1.165, 1.54) is 7.11 Å². The van der Waals surface area contributed by atoms with Gasteiger partial charge >= 0.3 is 5.97 Å². The van der Waals surface area contributed by atoms with Crippen LogP contribution in [0.5, 0.6) is 0 Å². The van der Waals surface area contributed by atoms with Crippen molar-refractivity contribution in [3.05, 3.63) is 41.4 Å². The molecule has 0 fully saturated rings. The largest absolute Gasteiger partial charge is 0.469 e. The third kappa shape index (κ3) is 5.06. The van der Waals surface area contributed by atoms with Crippen molar-refractivity contribution in [3.63, 3.8) is 0 Å². The molecule has 0 N–H and O–H groups in total. The number of halogens is 1. The minimum Gasteiger partial charge on any atom is -0.469 e. The maximum absolute atomic E-state index is 11.0. The van der Waals surface area contributed by atoms with E-state index in [0.717, 1.165) is 26.4 Å². The first kappa shape index (κ1) is 16.9. The Bertz CT molecular complexity index is 569. The summed E-state index contributed by atoms with van der Waals surface area (Å²) in [5.41, 5.74) is 0. The van der Waals surface area contributed by atoms with Crippen molar-refractivity contribution in [2.75, 3.05) is 12.9 Å². The molecule has 4 heteroatoms. The number of benzene rings is 2. The first-order valence-electron chi connectivity index (χ1n) is 6.58. The van der Waals surface area contributed by atoms with Crippen molar-refractivity contribution in [2.45, 2.75) is 25.2 Å². The molecule has 0 bridgehead atoms. The van der Waals surface area contributed by atoms with Gasteiger partial charge in [-0.25, -0.2) is 0 Å². The second kappa shape index (κ2) is 8.88. The van der Waals surface area contributed by atoms with E-state index in [-0.39, 0.29) is 5.97 Å². The number of hydrogen-bond acceptors (Lipinski definition) is 3. The molecule has 2 rings (SSSR count). The Morgan fingerprint density at radius 2 is 1.80 bits per heavy atom. The van der Waals surface area contributed by atoms with Crippen molar-refractivity contribution in [2.24, 2.45) is 0 Å². The highest BCUT2D eigenvalue weighted by Gasteiger charge is 2.02. The molecule has 0 amide bonds. The summed E-state index contributed by atoms with van der Waals surface area (Å²) in [5, 5.41) is 3.02. The summed E-state index contributed by atoms with van der Waals surface area (Å²) >= 11 is 7.59. The molecular formula is C16H19ClO2S. The summed E-state index contributed by atoms with van der Waals surface area (Å²) in [5.74, 6) is 0.557. The van der Waals surface area contributed by atoms with Gasteiger partial charge < -0.3 is 4.74 Å². The van der Waals surface area contributed by atoms with E-state index in [0.29, 0.717) is 6.42 Å². The van der Waals surface area contributed by atoms with Gasteiger partial charge in [0.15, 0.2) is 0 Å². The number of esters is 1. The van der Waals surface area contributed by atoms with E-state index in [4.69, 9.17) is 11.6 Å². The van der Waals surface area contributed by atoms with Crippen LogP contribution in [0.15, 0.2) is 41.3 Å². The second-order valence-corrected chi connectivity index (χ2v) is 5.43. The molecule has 2 aromatic rings. The summed E-state index contributed by atoms with van der Waals surface area (Å²) < 4.78 is 4.60. The fourth-order valence-electron chi connectivity index (χ4n) is 1.64. The van der Waals surface area contributed by atoms with Gasteiger partial charge in [0.1, 0.15) is 0 Å². The minimum atomic E-state index is -0.171. The van der Waals surface area contributed by atoms with Crippen LogP contribution in [0.1, 0.15) is 20.3 Å². The lowest BCUT2D eigenvalue weighted by molar-refractivity contribution is -0.140. The summed E-state index contributed by atoms with van der Waals surface area (Å²) in [6, 6.07) is 12.0. The molecule has 0 aromatic heterocycles. The van der Waals surface area contributed by atoms with Crippen LogP contribution in [0.3, 0.4) is 0 Å². The first-order chi connectivity index (χ1) is 9.69. The van der Waals surface area contributed by atoms with Crippen LogP contribution in [0.4, 0.5) is 0 Å². The number of fused-ring (bicyclic) bond motifs is 1. The highest BCUT2D eigenvalue weighted by Crippen LogP contribution is 2.26. The van der Waals surface area contributed by atoms with Gasteiger partial charge in [0, 0.05) is 15.7 Å². The molecule has 0 heterocycles. The van der Waals surface area contributed by atoms with Gasteiger partial charge in [0.05, 0.1) is 13.5 Å². The fraction of sp³-hybridized carbons (Fsp3) is 0.312. The lowest BCUT2D eigenvalue weighted by Gasteiger charge is -2.04. The zero-order valence-corrected chi connectivity index (χ0v) is 13.6. The van der Waals surface area contributed by atoms with Gasteiger partial charge in [-0.2, -0.15) is 0 Å². The lowest BCUT2D eigenvalue weighted by Crippen LogP contribution is -2.00. The molecule has 0 aliphatic heterocycles. The van der Waals surface area contributed by atoms with Crippen molar-refractivity contribution >= 4 is 40.1 Å². The smallest absolute Gasteiger partial charge is 0.306 e. The molecule has 0 aliphatic rings. The van der Waals surface area contributed by atoms with Crippen molar-refractivity contribution < 1.29 is 9.53 Å². The third-order valence-electron chi connectivity index (χ3n) is 2.58. The van der Waals surface area contributed by atoms with Crippen molar-refractivity contribution in [3.8, 4) is 0 Å². The standard InChI is InChI=1S/C14H13ClO2S.C2H6/c1-17-14(16)6-7-18-13-5-3-10-8-12(15)4-2-11(10)9-13;1-2/h2-5,8-9H,6-7H2,1H3;1-2H3. The molecule has 20 heavy (non-hydrogen) atoms. The molecule has 0 saturated heterocycles. The van der Waals surface area contributed by atoms with Crippen LogP contribution < -0.4 is 0 Å². The van der Waals surface area contributed by atoms with E-state index in [2.05, 4.69) is 10.8 Å². The van der Waals surface area contributed by atoms with Crippen LogP contribution in [0.25, 0.3) is 10.8 Å². The van der Waals surface area contributed by atoms with Crippen LogP contribution >= 0.6 is 23.4 Å².